The Morgan fingerprint density at radius 2 is 2.04 bits per heavy atom. The molecule has 1 aliphatic carbocycles. The molecule has 3 rings (SSSR count). The van der Waals surface area contributed by atoms with E-state index in [1.54, 1.807) is 0 Å². The second kappa shape index (κ2) is 6.08. The Kier molecular flexibility index (Phi) is 3.97. The molecule has 23 heavy (non-hydrogen) atoms. The highest BCUT2D eigenvalue weighted by molar-refractivity contribution is 5.95. The molecule has 1 amide bonds. The summed E-state index contributed by atoms with van der Waals surface area (Å²) in [5.41, 5.74) is 7.98. The van der Waals surface area contributed by atoms with Crippen LogP contribution in [0.3, 0.4) is 0 Å². The molecule has 6 heteroatoms. The van der Waals surface area contributed by atoms with Crippen LogP contribution in [0.4, 0.5) is 11.4 Å². The van der Waals surface area contributed by atoms with Crippen molar-refractivity contribution in [2.24, 2.45) is 0 Å². The van der Waals surface area contributed by atoms with E-state index in [0.29, 0.717) is 0 Å². The molecule has 2 aromatic rings. The minimum absolute atomic E-state index is 0.0505. The van der Waals surface area contributed by atoms with Gasteiger partial charge in [-0.15, -0.1) is 0 Å². The van der Waals surface area contributed by atoms with Crippen molar-refractivity contribution in [3.63, 3.8) is 0 Å². The van der Waals surface area contributed by atoms with Gasteiger partial charge in [0.25, 0.3) is 11.6 Å². The first kappa shape index (κ1) is 15.0. The van der Waals surface area contributed by atoms with E-state index < -0.39 is 4.92 Å². The van der Waals surface area contributed by atoms with Crippen LogP contribution in [0, 0.1) is 10.1 Å². The average molecular weight is 311 g/mol. The predicted octanol–water partition coefficient (Wildman–Crippen LogP) is 2.98. The molecule has 0 aromatic heterocycles. The predicted molar refractivity (Wildman–Crippen MR) is 87.1 cm³/mol. The number of hydrogen-bond donors (Lipinski definition) is 2. The van der Waals surface area contributed by atoms with Crippen LogP contribution in [0.25, 0.3) is 0 Å². The molecule has 1 aliphatic rings. The summed E-state index contributed by atoms with van der Waals surface area (Å²) >= 11 is 0. The fourth-order valence-electron chi connectivity index (χ4n) is 2.99. The van der Waals surface area contributed by atoms with Gasteiger partial charge in [-0.2, -0.15) is 0 Å². The lowest BCUT2D eigenvalue weighted by molar-refractivity contribution is -0.383. The molecule has 2 aromatic carbocycles. The van der Waals surface area contributed by atoms with Crippen molar-refractivity contribution < 1.29 is 9.72 Å². The first-order valence-corrected chi connectivity index (χ1v) is 7.49. The number of carbonyl (C=O) groups is 1. The molecular formula is C17H17N3O3. The Hall–Kier alpha value is -2.89. The molecular weight excluding hydrogens is 294 g/mol. The van der Waals surface area contributed by atoms with Gasteiger partial charge in [0.2, 0.25) is 0 Å². The van der Waals surface area contributed by atoms with E-state index in [2.05, 4.69) is 11.4 Å². The largest absolute Gasteiger partial charge is 0.393 e. The molecule has 0 aliphatic heterocycles. The summed E-state index contributed by atoms with van der Waals surface area (Å²) < 4.78 is 0. The number of nitro groups is 1. The van der Waals surface area contributed by atoms with E-state index in [-0.39, 0.29) is 28.9 Å². The van der Waals surface area contributed by atoms with Crippen LogP contribution in [0.1, 0.15) is 40.4 Å². The van der Waals surface area contributed by atoms with Gasteiger partial charge >= 0.3 is 0 Å². The van der Waals surface area contributed by atoms with Gasteiger partial charge in [-0.1, -0.05) is 24.3 Å². The summed E-state index contributed by atoms with van der Waals surface area (Å²) in [6.45, 7) is 0. The number of aryl methyl sites for hydroxylation is 1. The van der Waals surface area contributed by atoms with Gasteiger partial charge in [0.15, 0.2) is 0 Å². The third kappa shape index (κ3) is 3.01. The monoisotopic (exact) mass is 311 g/mol. The van der Waals surface area contributed by atoms with Crippen molar-refractivity contribution in [3.05, 3.63) is 69.3 Å². The van der Waals surface area contributed by atoms with Gasteiger partial charge in [0, 0.05) is 11.6 Å². The Balaban J connectivity index is 1.83. The second-order valence-corrected chi connectivity index (χ2v) is 5.65. The second-order valence-electron chi connectivity index (χ2n) is 5.65. The zero-order chi connectivity index (χ0) is 16.4. The van der Waals surface area contributed by atoms with Crippen molar-refractivity contribution in [3.8, 4) is 0 Å². The first-order valence-electron chi connectivity index (χ1n) is 7.49. The molecule has 1 atom stereocenters. The number of fused-ring (bicyclic) bond motifs is 1. The number of nitrogen functional groups attached to an aromatic ring is 1. The van der Waals surface area contributed by atoms with Crippen LogP contribution < -0.4 is 11.1 Å². The molecule has 0 spiro atoms. The summed E-state index contributed by atoms with van der Waals surface area (Å²) in [5.74, 6) is -0.324. The summed E-state index contributed by atoms with van der Waals surface area (Å²) in [5, 5.41) is 13.9. The van der Waals surface area contributed by atoms with Crippen LogP contribution in [-0.2, 0) is 6.42 Å². The molecule has 6 nitrogen and oxygen atoms in total. The van der Waals surface area contributed by atoms with Crippen LogP contribution in [-0.4, -0.2) is 10.8 Å². The molecule has 0 bridgehead atoms. The summed E-state index contributed by atoms with van der Waals surface area (Å²) in [4.78, 5) is 22.8. The number of nitro benzene ring substituents is 1. The van der Waals surface area contributed by atoms with Gasteiger partial charge in [-0.05, 0) is 42.5 Å². The zero-order valence-corrected chi connectivity index (χ0v) is 12.5. The van der Waals surface area contributed by atoms with Crippen LogP contribution in [0.15, 0.2) is 42.5 Å². The van der Waals surface area contributed by atoms with Crippen LogP contribution in [0.5, 0.6) is 0 Å². The number of hydrogen-bond acceptors (Lipinski definition) is 4. The van der Waals surface area contributed by atoms with E-state index >= 15 is 0 Å². The third-order valence-electron chi connectivity index (χ3n) is 4.16. The Morgan fingerprint density at radius 3 is 2.83 bits per heavy atom. The van der Waals surface area contributed by atoms with E-state index in [1.807, 2.05) is 18.2 Å². The standard InChI is InChI=1S/C17H17N3O3/c18-14-9-8-12(10-16(14)20(22)23)17(21)19-15-7-3-5-11-4-1-2-6-13(11)15/h1-2,4,6,8-10,15H,3,5,7,18H2,(H,19,21). The minimum Gasteiger partial charge on any atom is -0.393 e. The number of benzene rings is 2. The Labute approximate surface area is 133 Å². The topological polar surface area (TPSA) is 98.3 Å². The van der Waals surface area contributed by atoms with Crippen molar-refractivity contribution in [1.29, 1.82) is 0 Å². The smallest absolute Gasteiger partial charge is 0.292 e. The summed E-state index contributed by atoms with van der Waals surface area (Å²) in [6, 6.07) is 12.1. The number of nitrogens with two attached hydrogens (primary N) is 1. The van der Waals surface area contributed by atoms with Crippen LogP contribution >= 0.6 is 0 Å². The molecule has 0 saturated heterocycles. The zero-order valence-electron chi connectivity index (χ0n) is 12.5. The van der Waals surface area contributed by atoms with Gasteiger partial charge in [0.1, 0.15) is 5.69 Å². The Bertz CT molecular complexity index is 773. The molecule has 0 heterocycles. The molecule has 0 radical (unpaired) electrons. The number of carbonyl (C=O) groups excluding carboxylic acids is 1. The van der Waals surface area contributed by atoms with E-state index in [9.17, 15) is 14.9 Å². The normalized spacial score (nSPS) is 16.4. The Morgan fingerprint density at radius 1 is 1.26 bits per heavy atom. The molecule has 118 valence electrons. The summed E-state index contributed by atoms with van der Waals surface area (Å²) in [6.07, 6.45) is 2.87. The van der Waals surface area contributed by atoms with Gasteiger partial charge in [-0.3, -0.25) is 14.9 Å². The van der Waals surface area contributed by atoms with Gasteiger partial charge in [0.05, 0.1) is 11.0 Å². The van der Waals surface area contributed by atoms with Crippen LogP contribution in [0.2, 0.25) is 0 Å². The minimum atomic E-state index is -0.581. The van der Waals surface area contributed by atoms with E-state index in [1.165, 1.54) is 23.8 Å². The van der Waals surface area contributed by atoms with Crippen molar-refractivity contribution in [2.75, 3.05) is 5.73 Å². The van der Waals surface area contributed by atoms with E-state index in [4.69, 9.17) is 5.73 Å². The van der Waals surface area contributed by atoms with Crippen molar-refractivity contribution in [2.45, 2.75) is 25.3 Å². The average Bonchev–Trinajstić information content (AvgIpc) is 2.55. The maximum atomic E-state index is 12.4. The molecule has 1 unspecified atom stereocenters. The highest BCUT2D eigenvalue weighted by Gasteiger charge is 2.23. The molecule has 0 saturated carbocycles. The van der Waals surface area contributed by atoms with Crippen molar-refractivity contribution >= 4 is 17.3 Å². The quantitative estimate of drug-likeness (QED) is 0.517. The maximum absolute atomic E-state index is 12.4. The fourth-order valence-corrected chi connectivity index (χ4v) is 2.99. The third-order valence-corrected chi connectivity index (χ3v) is 4.16. The number of nitrogens with one attached hydrogen (secondary N) is 1. The number of rotatable bonds is 3. The highest BCUT2D eigenvalue weighted by atomic mass is 16.6. The van der Waals surface area contributed by atoms with Gasteiger partial charge in [-0.25, -0.2) is 0 Å². The number of amides is 1. The lowest BCUT2D eigenvalue weighted by atomic mass is 9.87. The lowest BCUT2D eigenvalue weighted by Gasteiger charge is -2.26. The summed E-state index contributed by atoms with van der Waals surface area (Å²) in [7, 11) is 0. The molecule has 3 N–H and O–H groups in total. The van der Waals surface area contributed by atoms with Crippen molar-refractivity contribution in [1.82, 2.24) is 5.32 Å². The SMILES string of the molecule is Nc1ccc(C(=O)NC2CCCc3ccccc32)cc1[N+](=O)[O-]. The van der Waals surface area contributed by atoms with E-state index in [0.717, 1.165) is 24.8 Å². The number of anilines is 1. The molecule has 0 fully saturated rings. The maximum Gasteiger partial charge on any atom is 0.292 e. The fraction of sp³-hybridized carbons (Fsp3) is 0.235. The first-order chi connectivity index (χ1) is 11.1. The van der Waals surface area contributed by atoms with Gasteiger partial charge < -0.3 is 11.1 Å². The number of nitrogens with zero attached hydrogens (tertiary/aromatic N) is 1. The highest BCUT2D eigenvalue weighted by Crippen LogP contribution is 2.30. The lowest BCUT2D eigenvalue weighted by Crippen LogP contribution is -2.31.